The number of para-hydroxylation sites is 1. The maximum Gasteiger partial charge on any atom is 0.298 e. The number of amides is 2. The number of aryl methyl sites for hydroxylation is 1. The lowest BCUT2D eigenvalue weighted by molar-refractivity contribution is -0.113. The number of nitrogens with zero attached hydrogens (tertiary/aromatic N) is 1. The first kappa shape index (κ1) is 14.6. The Morgan fingerprint density at radius 3 is 2.41 bits per heavy atom. The second-order valence-corrected chi connectivity index (χ2v) is 5.90. The summed E-state index contributed by atoms with van der Waals surface area (Å²) in [5.41, 5.74) is 2.59. The largest absolute Gasteiger partial charge is 0.298 e. The van der Waals surface area contributed by atoms with Gasteiger partial charge in [-0.05, 0) is 41.5 Å². The summed E-state index contributed by atoms with van der Waals surface area (Å²) in [6.45, 7) is 2.01. The third kappa shape index (κ3) is 2.70. The first-order valence-electron chi connectivity index (χ1n) is 7.11. The van der Waals surface area contributed by atoms with E-state index < -0.39 is 0 Å². The van der Waals surface area contributed by atoms with Crippen LogP contribution in [-0.4, -0.2) is 11.1 Å². The molecular weight excluding hydrogens is 294 g/mol. The molecule has 1 saturated heterocycles. The number of thioether (sulfide) groups is 1. The standard InChI is InChI=1S/C18H15NO2S/c1-2-14-10-6-7-11-15(14)19-17(20)16(22-18(19)21)12-13-8-4-3-5-9-13/h3-12H,2H2,1H3/b16-12-. The fourth-order valence-corrected chi connectivity index (χ4v) is 3.24. The summed E-state index contributed by atoms with van der Waals surface area (Å²) in [6.07, 6.45) is 2.54. The number of imide groups is 1. The van der Waals surface area contributed by atoms with E-state index in [0.29, 0.717) is 10.6 Å². The van der Waals surface area contributed by atoms with Gasteiger partial charge >= 0.3 is 0 Å². The molecule has 0 saturated carbocycles. The van der Waals surface area contributed by atoms with Crippen LogP contribution in [0.2, 0.25) is 0 Å². The third-order valence-electron chi connectivity index (χ3n) is 3.50. The van der Waals surface area contributed by atoms with Crippen LogP contribution < -0.4 is 4.90 Å². The molecule has 0 bridgehead atoms. The first-order valence-corrected chi connectivity index (χ1v) is 7.93. The van der Waals surface area contributed by atoms with Crippen LogP contribution in [0.4, 0.5) is 10.5 Å². The predicted octanol–water partition coefficient (Wildman–Crippen LogP) is 4.49. The van der Waals surface area contributed by atoms with Crippen molar-refractivity contribution in [3.63, 3.8) is 0 Å². The van der Waals surface area contributed by atoms with Gasteiger partial charge in [0.1, 0.15) is 0 Å². The van der Waals surface area contributed by atoms with E-state index in [4.69, 9.17) is 0 Å². The first-order chi connectivity index (χ1) is 10.7. The maximum atomic E-state index is 12.6. The van der Waals surface area contributed by atoms with Crippen LogP contribution in [0, 0.1) is 0 Å². The highest BCUT2D eigenvalue weighted by molar-refractivity contribution is 8.19. The number of hydrogen-bond donors (Lipinski definition) is 0. The van der Waals surface area contributed by atoms with Gasteiger partial charge in [-0.1, -0.05) is 55.5 Å². The molecule has 3 nitrogen and oxygen atoms in total. The fourth-order valence-electron chi connectivity index (χ4n) is 2.40. The van der Waals surface area contributed by atoms with Crippen molar-refractivity contribution in [1.29, 1.82) is 0 Å². The van der Waals surface area contributed by atoms with E-state index in [2.05, 4.69) is 0 Å². The minimum Gasteiger partial charge on any atom is -0.268 e. The zero-order valence-corrected chi connectivity index (χ0v) is 13.0. The number of hydrogen-bond acceptors (Lipinski definition) is 3. The molecule has 4 heteroatoms. The molecule has 1 fully saturated rings. The summed E-state index contributed by atoms with van der Waals surface area (Å²) in [5.74, 6) is -0.250. The second-order valence-electron chi connectivity index (χ2n) is 4.91. The van der Waals surface area contributed by atoms with Gasteiger partial charge in [-0.25, -0.2) is 4.90 Å². The summed E-state index contributed by atoms with van der Waals surface area (Å²) >= 11 is 0.989. The molecule has 110 valence electrons. The molecule has 0 atom stereocenters. The van der Waals surface area contributed by atoms with Gasteiger partial charge in [0.2, 0.25) is 0 Å². The van der Waals surface area contributed by atoms with Gasteiger partial charge < -0.3 is 0 Å². The molecule has 2 amide bonds. The number of anilines is 1. The highest BCUT2D eigenvalue weighted by Gasteiger charge is 2.36. The Bertz CT molecular complexity index is 753. The van der Waals surface area contributed by atoms with Gasteiger partial charge in [-0.15, -0.1) is 0 Å². The van der Waals surface area contributed by atoms with Crippen molar-refractivity contribution in [3.05, 3.63) is 70.6 Å². The molecule has 0 aromatic heterocycles. The molecule has 0 spiro atoms. The van der Waals surface area contributed by atoms with Crippen molar-refractivity contribution in [2.75, 3.05) is 4.90 Å². The van der Waals surface area contributed by atoms with Crippen molar-refractivity contribution < 1.29 is 9.59 Å². The smallest absolute Gasteiger partial charge is 0.268 e. The van der Waals surface area contributed by atoms with E-state index in [1.165, 1.54) is 4.90 Å². The number of carbonyl (C=O) groups excluding carboxylic acids is 2. The summed E-state index contributed by atoms with van der Waals surface area (Å²) in [7, 11) is 0. The molecule has 1 aliphatic rings. The van der Waals surface area contributed by atoms with Crippen molar-refractivity contribution >= 4 is 34.7 Å². The van der Waals surface area contributed by atoms with E-state index >= 15 is 0 Å². The van der Waals surface area contributed by atoms with Crippen LogP contribution in [-0.2, 0) is 11.2 Å². The van der Waals surface area contributed by atoms with E-state index in [9.17, 15) is 9.59 Å². The number of rotatable bonds is 3. The molecule has 1 heterocycles. The van der Waals surface area contributed by atoms with Gasteiger partial charge in [-0.2, -0.15) is 0 Å². The van der Waals surface area contributed by atoms with Crippen LogP contribution in [0.25, 0.3) is 6.08 Å². The van der Waals surface area contributed by atoms with Gasteiger partial charge in [0, 0.05) is 0 Å². The zero-order valence-electron chi connectivity index (χ0n) is 12.2. The molecule has 0 aliphatic carbocycles. The maximum absolute atomic E-state index is 12.6. The topological polar surface area (TPSA) is 37.4 Å². The lowest BCUT2D eigenvalue weighted by Gasteiger charge is -2.16. The van der Waals surface area contributed by atoms with Crippen LogP contribution in [0.1, 0.15) is 18.1 Å². The lowest BCUT2D eigenvalue weighted by Crippen LogP contribution is -2.28. The van der Waals surface area contributed by atoms with E-state index in [1.807, 2.05) is 61.5 Å². The van der Waals surface area contributed by atoms with E-state index in [1.54, 1.807) is 6.08 Å². The monoisotopic (exact) mass is 309 g/mol. The average molecular weight is 309 g/mol. The Morgan fingerprint density at radius 2 is 1.68 bits per heavy atom. The highest BCUT2D eigenvalue weighted by Crippen LogP contribution is 2.37. The Balaban J connectivity index is 1.97. The molecule has 3 rings (SSSR count). The fraction of sp³-hybridized carbons (Fsp3) is 0.111. The molecule has 1 aliphatic heterocycles. The van der Waals surface area contributed by atoms with Gasteiger partial charge in [0.05, 0.1) is 10.6 Å². The number of benzene rings is 2. The molecule has 0 radical (unpaired) electrons. The zero-order chi connectivity index (χ0) is 15.5. The van der Waals surface area contributed by atoms with Crippen LogP contribution in [0.5, 0.6) is 0 Å². The summed E-state index contributed by atoms with van der Waals surface area (Å²) < 4.78 is 0. The second kappa shape index (κ2) is 6.20. The van der Waals surface area contributed by atoms with Crippen molar-refractivity contribution in [2.45, 2.75) is 13.3 Å². The quantitative estimate of drug-likeness (QED) is 0.784. The van der Waals surface area contributed by atoms with Crippen molar-refractivity contribution in [2.24, 2.45) is 0 Å². The van der Waals surface area contributed by atoms with Crippen molar-refractivity contribution in [1.82, 2.24) is 0 Å². The van der Waals surface area contributed by atoms with Crippen LogP contribution in [0.3, 0.4) is 0 Å². The average Bonchev–Trinajstić information content (AvgIpc) is 2.82. The molecule has 22 heavy (non-hydrogen) atoms. The lowest BCUT2D eigenvalue weighted by atomic mass is 10.1. The van der Waals surface area contributed by atoms with Crippen LogP contribution in [0.15, 0.2) is 59.5 Å². The Labute approximate surface area is 133 Å². The summed E-state index contributed by atoms with van der Waals surface area (Å²) in [4.78, 5) is 26.6. The van der Waals surface area contributed by atoms with Crippen molar-refractivity contribution in [3.8, 4) is 0 Å². The Hall–Kier alpha value is -2.33. The molecule has 2 aromatic rings. The predicted molar refractivity (Wildman–Crippen MR) is 90.7 cm³/mol. The van der Waals surface area contributed by atoms with Gasteiger partial charge in [0.25, 0.3) is 11.1 Å². The highest BCUT2D eigenvalue weighted by atomic mass is 32.2. The Morgan fingerprint density at radius 1 is 1.00 bits per heavy atom. The number of carbonyl (C=O) groups is 2. The normalized spacial score (nSPS) is 16.6. The summed E-state index contributed by atoms with van der Waals surface area (Å²) in [6, 6.07) is 17.1. The van der Waals surface area contributed by atoms with Gasteiger partial charge in [0.15, 0.2) is 0 Å². The Kier molecular flexibility index (Phi) is 4.11. The van der Waals surface area contributed by atoms with Crippen LogP contribution >= 0.6 is 11.8 Å². The SMILES string of the molecule is CCc1ccccc1N1C(=O)S/C(=C\c2ccccc2)C1=O. The molecule has 0 unspecified atom stereocenters. The third-order valence-corrected chi connectivity index (χ3v) is 4.37. The minimum absolute atomic E-state index is 0.243. The molecule has 2 aromatic carbocycles. The minimum atomic E-state index is -0.250. The molecule has 0 N–H and O–H groups in total. The van der Waals surface area contributed by atoms with E-state index in [-0.39, 0.29) is 11.1 Å². The molecular formula is C18H15NO2S. The summed E-state index contributed by atoms with van der Waals surface area (Å²) in [5, 5.41) is -0.243. The van der Waals surface area contributed by atoms with Gasteiger partial charge in [-0.3, -0.25) is 9.59 Å². The van der Waals surface area contributed by atoms with E-state index in [0.717, 1.165) is 29.3 Å².